The summed E-state index contributed by atoms with van der Waals surface area (Å²) >= 11 is 0. The lowest BCUT2D eigenvalue weighted by Crippen LogP contribution is -2.31. The molecule has 1 aliphatic carbocycles. The number of hydrogen-bond acceptors (Lipinski definition) is 2. The second-order valence-corrected chi connectivity index (χ2v) is 4.71. The van der Waals surface area contributed by atoms with Crippen LogP contribution in [0.4, 0.5) is 0 Å². The predicted octanol–water partition coefficient (Wildman–Crippen LogP) is 1.50. The Kier molecular flexibility index (Phi) is 2.97. The van der Waals surface area contributed by atoms with E-state index in [2.05, 4.69) is 5.32 Å². The maximum absolute atomic E-state index is 11.8. The third-order valence-corrected chi connectivity index (χ3v) is 3.20. The first-order valence-electron chi connectivity index (χ1n) is 5.61. The van der Waals surface area contributed by atoms with Crippen LogP contribution >= 0.6 is 0 Å². The van der Waals surface area contributed by atoms with Crippen molar-refractivity contribution in [1.29, 1.82) is 0 Å². The number of aryl methyl sites for hydroxylation is 1. The van der Waals surface area contributed by atoms with Crippen molar-refractivity contribution in [1.82, 2.24) is 5.32 Å². The van der Waals surface area contributed by atoms with Gasteiger partial charge in [0.15, 0.2) is 0 Å². The Morgan fingerprint density at radius 1 is 1.50 bits per heavy atom. The van der Waals surface area contributed by atoms with E-state index in [1.165, 1.54) is 0 Å². The summed E-state index contributed by atoms with van der Waals surface area (Å²) in [6.07, 6.45) is 2.02. The summed E-state index contributed by atoms with van der Waals surface area (Å²) in [5, 5.41) is 12.0. The molecule has 16 heavy (non-hydrogen) atoms. The van der Waals surface area contributed by atoms with Gasteiger partial charge in [0.1, 0.15) is 0 Å². The quantitative estimate of drug-likeness (QED) is 0.806. The van der Waals surface area contributed by atoms with Crippen LogP contribution in [0, 0.1) is 12.3 Å². The van der Waals surface area contributed by atoms with Gasteiger partial charge in [0.25, 0.3) is 5.91 Å². The fraction of sp³-hybridized carbons (Fsp3) is 0.462. The molecule has 0 spiro atoms. The van der Waals surface area contributed by atoms with Crippen molar-refractivity contribution >= 4 is 5.91 Å². The SMILES string of the molecule is Cc1cccc(C(=O)NCC2(CO)CC2)c1. The number of hydrogen-bond donors (Lipinski definition) is 2. The second-order valence-electron chi connectivity index (χ2n) is 4.71. The van der Waals surface area contributed by atoms with Gasteiger partial charge in [-0.05, 0) is 31.9 Å². The molecule has 3 heteroatoms. The molecule has 1 aromatic carbocycles. The van der Waals surface area contributed by atoms with Gasteiger partial charge in [0, 0.05) is 17.5 Å². The zero-order chi connectivity index (χ0) is 11.6. The molecule has 1 aliphatic rings. The third kappa shape index (κ3) is 2.42. The number of aliphatic hydroxyl groups is 1. The van der Waals surface area contributed by atoms with Gasteiger partial charge in [0.2, 0.25) is 0 Å². The lowest BCUT2D eigenvalue weighted by molar-refractivity contribution is 0.0935. The van der Waals surface area contributed by atoms with Crippen molar-refractivity contribution in [3.8, 4) is 0 Å². The third-order valence-electron chi connectivity index (χ3n) is 3.20. The first-order valence-corrected chi connectivity index (χ1v) is 5.61. The van der Waals surface area contributed by atoms with Crippen molar-refractivity contribution in [3.05, 3.63) is 35.4 Å². The predicted molar refractivity (Wildman–Crippen MR) is 62.3 cm³/mol. The highest BCUT2D eigenvalue weighted by Crippen LogP contribution is 2.44. The maximum Gasteiger partial charge on any atom is 0.251 e. The van der Waals surface area contributed by atoms with Crippen LogP contribution in [0.3, 0.4) is 0 Å². The first-order chi connectivity index (χ1) is 7.65. The molecule has 0 heterocycles. The van der Waals surface area contributed by atoms with Crippen molar-refractivity contribution in [2.24, 2.45) is 5.41 Å². The number of amides is 1. The summed E-state index contributed by atoms with van der Waals surface area (Å²) in [5.41, 5.74) is 1.74. The first kappa shape index (κ1) is 11.1. The average molecular weight is 219 g/mol. The molecule has 0 atom stereocenters. The van der Waals surface area contributed by atoms with Crippen molar-refractivity contribution < 1.29 is 9.90 Å². The monoisotopic (exact) mass is 219 g/mol. The molecule has 2 N–H and O–H groups in total. The number of rotatable bonds is 4. The molecule has 2 rings (SSSR count). The minimum absolute atomic E-state index is 0.0283. The topological polar surface area (TPSA) is 49.3 Å². The molecule has 1 amide bonds. The minimum Gasteiger partial charge on any atom is -0.396 e. The number of carbonyl (C=O) groups is 1. The van der Waals surface area contributed by atoms with Crippen molar-refractivity contribution in [2.75, 3.05) is 13.2 Å². The molecule has 0 bridgehead atoms. The van der Waals surface area contributed by atoms with Crippen LogP contribution in [-0.4, -0.2) is 24.2 Å². The van der Waals surface area contributed by atoms with Crippen LogP contribution in [0.15, 0.2) is 24.3 Å². The molecule has 0 saturated heterocycles. The highest BCUT2D eigenvalue weighted by Gasteiger charge is 2.42. The van der Waals surface area contributed by atoms with Gasteiger partial charge < -0.3 is 10.4 Å². The van der Waals surface area contributed by atoms with Crippen LogP contribution in [0.5, 0.6) is 0 Å². The van der Waals surface area contributed by atoms with E-state index in [-0.39, 0.29) is 17.9 Å². The maximum atomic E-state index is 11.8. The van der Waals surface area contributed by atoms with Gasteiger partial charge in [-0.25, -0.2) is 0 Å². The summed E-state index contributed by atoms with van der Waals surface area (Å²) < 4.78 is 0. The van der Waals surface area contributed by atoms with E-state index >= 15 is 0 Å². The van der Waals surface area contributed by atoms with Gasteiger partial charge in [-0.15, -0.1) is 0 Å². The van der Waals surface area contributed by atoms with E-state index in [1.807, 2.05) is 25.1 Å². The van der Waals surface area contributed by atoms with Crippen LogP contribution in [0.1, 0.15) is 28.8 Å². The normalized spacial score (nSPS) is 16.9. The Labute approximate surface area is 95.5 Å². The molecule has 0 unspecified atom stereocenters. The summed E-state index contributed by atoms with van der Waals surface area (Å²) in [6, 6.07) is 7.52. The van der Waals surface area contributed by atoms with Crippen molar-refractivity contribution in [3.63, 3.8) is 0 Å². The highest BCUT2D eigenvalue weighted by atomic mass is 16.3. The lowest BCUT2D eigenvalue weighted by atomic mass is 10.1. The van der Waals surface area contributed by atoms with Crippen LogP contribution in [0.25, 0.3) is 0 Å². The van der Waals surface area contributed by atoms with E-state index in [0.29, 0.717) is 12.1 Å². The van der Waals surface area contributed by atoms with E-state index in [1.54, 1.807) is 6.07 Å². The van der Waals surface area contributed by atoms with E-state index < -0.39 is 0 Å². The molecule has 1 fully saturated rings. The number of benzene rings is 1. The molecule has 3 nitrogen and oxygen atoms in total. The molecule has 0 aromatic heterocycles. The molecule has 1 saturated carbocycles. The minimum atomic E-state index is -0.0524. The smallest absolute Gasteiger partial charge is 0.251 e. The zero-order valence-electron chi connectivity index (χ0n) is 9.49. The second kappa shape index (κ2) is 4.26. The standard InChI is InChI=1S/C13H17NO2/c1-10-3-2-4-11(7-10)12(16)14-8-13(9-15)5-6-13/h2-4,7,15H,5-6,8-9H2,1H3,(H,14,16). The Morgan fingerprint density at radius 3 is 2.81 bits per heavy atom. The van der Waals surface area contributed by atoms with Gasteiger partial charge in [-0.2, -0.15) is 0 Å². The van der Waals surface area contributed by atoms with Crippen molar-refractivity contribution in [2.45, 2.75) is 19.8 Å². The largest absolute Gasteiger partial charge is 0.396 e. The summed E-state index contributed by atoms with van der Waals surface area (Å²) in [7, 11) is 0. The van der Waals surface area contributed by atoms with E-state index in [9.17, 15) is 4.79 Å². The number of nitrogens with one attached hydrogen (secondary N) is 1. The van der Waals surface area contributed by atoms with Gasteiger partial charge in [0.05, 0.1) is 6.61 Å². The zero-order valence-corrected chi connectivity index (χ0v) is 9.49. The molecule has 0 radical (unpaired) electrons. The molecular formula is C13H17NO2. The molecule has 86 valence electrons. The summed E-state index contributed by atoms with van der Waals surface area (Å²) in [4.78, 5) is 11.8. The van der Waals surface area contributed by atoms with Crippen LogP contribution < -0.4 is 5.32 Å². The Morgan fingerprint density at radius 2 is 2.25 bits per heavy atom. The number of aliphatic hydroxyl groups excluding tert-OH is 1. The summed E-state index contributed by atoms with van der Waals surface area (Å²) in [5.74, 6) is -0.0524. The molecule has 1 aromatic rings. The van der Waals surface area contributed by atoms with Crippen LogP contribution in [0.2, 0.25) is 0 Å². The lowest BCUT2D eigenvalue weighted by Gasteiger charge is -2.12. The Hall–Kier alpha value is -1.35. The fourth-order valence-electron chi connectivity index (χ4n) is 1.72. The van der Waals surface area contributed by atoms with Crippen LogP contribution in [-0.2, 0) is 0 Å². The molecule has 0 aliphatic heterocycles. The Balaban J connectivity index is 1.93. The van der Waals surface area contributed by atoms with Gasteiger partial charge >= 0.3 is 0 Å². The highest BCUT2D eigenvalue weighted by molar-refractivity contribution is 5.94. The van der Waals surface area contributed by atoms with Gasteiger partial charge in [-0.1, -0.05) is 17.7 Å². The number of carbonyl (C=O) groups excluding carboxylic acids is 1. The summed E-state index contributed by atoms with van der Waals surface area (Å²) in [6.45, 7) is 2.71. The Bertz CT molecular complexity index is 397. The fourth-order valence-corrected chi connectivity index (χ4v) is 1.72. The molecular weight excluding hydrogens is 202 g/mol. The van der Waals surface area contributed by atoms with E-state index in [4.69, 9.17) is 5.11 Å². The van der Waals surface area contributed by atoms with E-state index in [0.717, 1.165) is 18.4 Å². The average Bonchev–Trinajstić information content (AvgIpc) is 3.07. The van der Waals surface area contributed by atoms with Gasteiger partial charge in [-0.3, -0.25) is 4.79 Å².